The lowest BCUT2D eigenvalue weighted by atomic mass is 9.92. The average molecular weight is 523 g/mol. The summed E-state index contributed by atoms with van der Waals surface area (Å²) < 4.78 is 36.1. The van der Waals surface area contributed by atoms with E-state index in [1.165, 1.54) is 0 Å². The SMILES string of the molecule is C[n+]1c2ccccc2c(C(=O)N(C(=O)c2ccccc2)C2CCCCC2)c2ccccc21.[O-][Cl+3]([O-])([O-])[O-]. The van der Waals surface area contributed by atoms with Gasteiger partial charge in [-0.05, 0) is 37.1 Å². The van der Waals surface area contributed by atoms with E-state index in [0.29, 0.717) is 11.1 Å². The van der Waals surface area contributed by atoms with E-state index in [1.807, 2.05) is 73.8 Å². The quantitative estimate of drug-likeness (QED) is 0.221. The third kappa shape index (κ3) is 6.12. The summed E-state index contributed by atoms with van der Waals surface area (Å²) in [6, 6.07) is 25.0. The number of carbonyl (C=O) groups is 2. The molecule has 0 atom stereocenters. The van der Waals surface area contributed by atoms with Crippen LogP contribution in [0.25, 0.3) is 21.8 Å². The molecule has 1 saturated carbocycles. The van der Waals surface area contributed by atoms with Crippen LogP contribution in [0.3, 0.4) is 0 Å². The monoisotopic (exact) mass is 522 g/mol. The van der Waals surface area contributed by atoms with Crippen LogP contribution in [0.15, 0.2) is 78.9 Å². The lowest BCUT2D eigenvalue weighted by molar-refractivity contribution is -2.00. The Balaban J connectivity index is 0.000000586. The maximum Gasteiger partial charge on any atom is 0.262 e. The molecule has 9 heteroatoms. The molecule has 5 rings (SSSR count). The fourth-order valence-corrected chi connectivity index (χ4v) is 5.06. The van der Waals surface area contributed by atoms with E-state index >= 15 is 0 Å². The van der Waals surface area contributed by atoms with Gasteiger partial charge in [-0.2, -0.15) is 4.57 Å². The molecule has 3 aromatic carbocycles. The minimum Gasteiger partial charge on any atom is -0.271 e. The van der Waals surface area contributed by atoms with E-state index in [1.54, 1.807) is 17.0 Å². The number of aromatic nitrogens is 1. The first-order valence-corrected chi connectivity index (χ1v) is 13.2. The van der Waals surface area contributed by atoms with Crippen LogP contribution in [-0.2, 0) is 7.05 Å². The van der Waals surface area contributed by atoms with Crippen molar-refractivity contribution in [1.29, 1.82) is 0 Å². The number of fused-ring (bicyclic) bond motifs is 2. The Morgan fingerprint density at radius 3 is 1.70 bits per heavy atom. The van der Waals surface area contributed by atoms with Crippen molar-refractivity contribution in [1.82, 2.24) is 4.90 Å². The molecule has 1 aliphatic rings. The number of hydrogen-bond acceptors (Lipinski definition) is 6. The molecule has 0 saturated heterocycles. The van der Waals surface area contributed by atoms with E-state index in [9.17, 15) is 9.59 Å². The van der Waals surface area contributed by atoms with E-state index < -0.39 is 10.2 Å². The highest BCUT2D eigenvalue weighted by Crippen LogP contribution is 2.30. The number of hydrogen-bond donors (Lipinski definition) is 0. The molecule has 0 aliphatic heterocycles. The lowest BCUT2D eigenvalue weighted by Gasteiger charge is -2.33. The number of carbonyl (C=O) groups excluding carboxylic acids is 2. The minimum atomic E-state index is -4.94. The average Bonchev–Trinajstić information content (AvgIpc) is 2.89. The van der Waals surface area contributed by atoms with Gasteiger partial charge in [-0.3, -0.25) is 14.5 Å². The third-order valence-electron chi connectivity index (χ3n) is 6.68. The van der Waals surface area contributed by atoms with Crippen LogP contribution in [-0.4, -0.2) is 22.8 Å². The van der Waals surface area contributed by atoms with Crippen LogP contribution in [0, 0.1) is 10.2 Å². The second-order valence-corrected chi connectivity index (χ2v) is 9.74. The zero-order valence-corrected chi connectivity index (χ0v) is 21.1. The van der Waals surface area contributed by atoms with Gasteiger partial charge in [0, 0.05) is 23.7 Å². The molecular formula is C28H27ClN2O6. The van der Waals surface area contributed by atoms with Crippen LogP contribution < -0.4 is 23.2 Å². The van der Waals surface area contributed by atoms with Crippen molar-refractivity contribution in [3.63, 3.8) is 0 Å². The molecule has 1 aliphatic carbocycles. The summed E-state index contributed by atoms with van der Waals surface area (Å²) in [6.07, 6.45) is 4.97. The molecule has 1 heterocycles. The molecule has 1 aromatic heterocycles. The predicted molar refractivity (Wildman–Crippen MR) is 126 cm³/mol. The second kappa shape index (κ2) is 11.3. The van der Waals surface area contributed by atoms with Crippen molar-refractivity contribution in [3.8, 4) is 0 Å². The fourth-order valence-electron chi connectivity index (χ4n) is 5.06. The largest absolute Gasteiger partial charge is 0.271 e. The van der Waals surface area contributed by atoms with Gasteiger partial charge >= 0.3 is 0 Å². The molecule has 0 radical (unpaired) electrons. The van der Waals surface area contributed by atoms with Gasteiger partial charge in [-0.1, -0.05) is 61.7 Å². The van der Waals surface area contributed by atoms with Crippen molar-refractivity contribution in [2.45, 2.75) is 38.1 Å². The molecule has 192 valence electrons. The van der Waals surface area contributed by atoms with E-state index in [2.05, 4.69) is 4.57 Å². The summed E-state index contributed by atoms with van der Waals surface area (Å²) >= 11 is 0. The Morgan fingerprint density at radius 1 is 0.730 bits per heavy atom. The Morgan fingerprint density at radius 2 is 1.19 bits per heavy atom. The Labute approximate surface area is 216 Å². The van der Waals surface area contributed by atoms with Crippen molar-refractivity contribution in [2.24, 2.45) is 7.05 Å². The summed E-state index contributed by atoms with van der Waals surface area (Å²) in [5.74, 6) is -0.400. The number of aryl methyl sites for hydroxylation is 1. The van der Waals surface area contributed by atoms with Gasteiger partial charge < -0.3 is 0 Å². The number of amides is 2. The molecule has 37 heavy (non-hydrogen) atoms. The maximum atomic E-state index is 14.3. The van der Waals surface area contributed by atoms with E-state index in [0.717, 1.165) is 53.9 Å². The zero-order chi connectivity index (χ0) is 26.6. The smallest absolute Gasteiger partial charge is 0.262 e. The standard InChI is InChI=1S/C28H27N2O2.ClHO4/c1-29-24-18-10-8-16-22(24)26(23-17-9-11-19-25(23)29)28(32)30(21-14-6-3-7-15-21)27(31)20-12-4-2-5-13-20;2-1(3,4)5/h2,4-5,8-13,16-19,21H,3,6-7,14-15H2,1H3;(H,2,3,4,5)/q+1;/p-1. The first kappa shape index (κ1) is 26.7. The summed E-state index contributed by atoms with van der Waals surface area (Å²) in [5.41, 5.74) is 3.13. The van der Waals surface area contributed by atoms with Gasteiger partial charge in [-0.25, -0.2) is 18.6 Å². The molecule has 8 nitrogen and oxygen atoms in total. The fraction of sp³-hybridized carbons (Fsp3) is 0.250. The van der Waals surface area contributed by atoms with Gasteiger partial charge in [0.05, 0.1) is 16.3 Å². The number of imide groups is 1. The first-order valence-electron chi connectivity index (χ1n) is 12.0. The molecule has 0 spiro atoms. The number of rotatable bonds is 3. The van der Waals surface area contributed by atoms with Crippen LogP contribution in [0.2, 0.25) is 0 Å². The summed E-state index contributed by atoms with van der Waals surface area (Å²) in [5, 5.41) is 1.75. The lowest BCUT2D eigenvalue weighted by Crippen LogP contribution is -2.68. The molecular weight excluding hydrogens is 496 g/mol. The Kier molecular flexibility index (Phi) is 8.16. The second-order valence-electron chi connectivity index (χ2n) is 8.98. The van der Waals surface area contributed by atoms with Crippen LogP contribution in [0.4, 0.5) is 0 Å². The number of benzene rings is 3. The number of nitrogens with zero attached hydrogens (tertiary/aromatic N) is 2. The number of pyridine rings is 1. The normalized spacial score (nSPS) is 14.2. The van der Waals surface area contributed by atoms with Crippen molar-refractivity contribution in [2.75, 3.05) is 0 Å². The summed E-state index contributed by atoms with van der Waals surface area (Å²) in [4.78, 5) is 29.6. The van der Waals surface area contributed by atoms with Crippen molar-refractivity contribution in [3.05, 3.63) is 90.0 Å². The highest BCUT2D eigenvalue weighted by Gasteiger charge is 2.35. The van der Waals surface area contributed by atoms with Crippen LogP contribution in [0.5, 0.6) is 0 Å². The molecule has 4 aromatic rings. The highest BCUT2D eigenvalue weighted by molar-refractivity contribution is 6.20. The Hall–Kier alpha value is -3.40. The van der Waals surface area contributed by atoms with E-state index in [-0.39, 0.29) is 17.9 Å². The summed E-state index contributed by atoms with van der Waals surface area (Å²) in [6.45, 7) is 0. The molecule has 0 unspecified atom stereocenters. The van der Waals surface area contributed by atoms with Gasteiger partial charge in [-0.15, -0.1) is 10.2 Å². The summed E-state index contributed by atoms with van der Waals surface area (Å²) in [7, 11) is -2.92. The van der Waals surface area contributed by atoms with Crippen LogP contribution >= 0.6 is 0 Å². The zero-order valence-electron chi connectivity index (χ0n) is 20.3. The third-order valence-corrected chi connectivity index (χ3v) is 6.68. The number of para-hydroxylation sites is 2. The predicted octanol–water partition coefficient (Wildman–Crippen LogP) is 0.677. The number of halogens is 1. The molecule has 0 N–H and O–H groups in total. The minimum absolute atomic E-state index is 0.0737. The van der Waals surface area contributed by atoms with Gasteiger partial charge in [0.2, 0.25) is 11.0 Å². The van der Waals surface area contributed by atoms with Gasteiger partial charge in [0.1, 0.15) is 7.05 Å². The maximum absolute atomic E-state index is 14.3. The topological polar surface area (TPSA) is 134 Å². The molecule has 2 amide bonds. The molecule has 1 fully saturated rings. The Bertz CT molecular complexity index is 1350. The first-order chi connectivity index (χ1) is 17.7. The molecule has 0 bridgehead atoms. The van der Waals surface area contributed by atoms with Gasteiger partial charge in [0.25, 0.3) is 11.8 Å². The van der Waals surface area contributed by atoms with E-state index in [4.69, 9.17) is 18.6 Å². The van der Waals surface area contributed by atoms with Crippen molar-refractivity contribution < 1.29 is 43.0 Å². The highest BCUT2D eigenvalue weighted by atomic mass is 35.7. The van der Waals surface area contributed by atoms with Crippen LogP contribution in [0.1, 0.15) is 52.8 Å². The van der Waals surface area contributed by atoms with Crippen molar-refractivity contribution >= 4 is 33.6 Å². The van der Waals surface area contributed by atoms with Gasteiger partial charge in [0.15, 0.2) is 0 Å².